The number of carbonyl (C=O) groups is 3. The number of benzene rings is 1. The number of nitrogens with one attached hydrogen (secondary N) is 2. The smallest absolute Gasteiger partial charge is 0.313 e. The number of likely N-dealkylation sites (tertiary alicyclic amines) is 1. The lowest BCUT2D eigenvalue weighted by Gasteiger charge is -2.32. The van der Waals surface area contributed by atoms with E-state index >= 15 is 0 Å². The molecule has 1 aromatic carbocycles. The number of piperidine rings is 1. The zero-order chi connectivity index (χ0) is 22.4. The Hall–Kier alpha value is -3.01. The molecule has 10 heteroatoms. The van der Waals surface area contributed by atoms with E-state index in [-0.39, 0.29) is 24.1 Å². The Balaban J connectivity index is 1.46. The molecule has 0 saturated carbocycles. The third-order valence-corrected chi connectivity index (χ3v) is 5.75. The first-order chi connectivity index (χ1) is 14.9. The predicted octanol–water partition coefficient (Wildman–Crippen LogP) is 2.69. The predicted molar refractivity (Wildman–Crippen MR) is 113 cm³/mol. The van der Waals surface area contributed by atoms with Gasteiger partial charge in [0.05, 0.1) is 11.3 Å². The zero-order valence-electron chi connectivity index (χ0n) is 16.9. The second-order valence-electron chi connectivity index (χ2n) is 7.08. The number of hydrogen-bond donors (Lipinski definition) is 2. The van der Waals surface area contributed by atoms with Gasteiger partial charge in [0.2, 0.25) is 0 Å². The highest BCUT2D eigenvalue weighted by Gasteiger charge is 2.26. The van der Waals surface area contributed by atoms with Gasteiger partial charge in [-0.15, -0.1) is 11.8 Å². The lowest BCUT2D eigenvalue weighted by atomic mass is 9.96. The SMILES string of the molecule is CSc1ncccc1C(=O)N1CCC(CNC(=O)C(=O)Nc2ccc(F)cc2F)CC1. The second-order valence-corrected chi connectivity index (χ2v) is 7.88. The summed E-state index contributed by atoms with van der Waals surface area (Å²) in [6.45, 7) is 1.34. The summed E-state index contributed by atoms with van der Waals surface area (Å²) in [5.41, 5.74) is 0.305. The number of rotatable bonds is 5. The van der Waals surface area contributed by atoms with Crippen LogP contribution in [0.15, 0.2) is 41.6 Å². The molecule has 2 aromatic rings. The van der Waals surface area contributed by atoms with Crippen LogP contribution in [0.3, 0.4) is 0 Å². The Morgan fingerprint density at radius 1 is 1.16 bits per heavy atom. The standard InChI is InChI=1S/C21H22F2N4O3S/c1-31-20-15(3-2-8-24-20)21(30)27-9-6-13(7-10-27)12-25-18(28)19(29)26-17-5-4-14(22)11-16(17)23/h2-5,8,11,13H,6-7,9-10,12H2,1H3,(H,25,28)(H,26,29). The van der Waals surface area contributed by atoms with Crippen LogP contribution in [0.25, 0.3) is 0 Å². The highest BCUT2D eigenvalue weighted by Crippen LogP contribution is 2.22. The summed E-state index contributed by atoms with van der Waals surface area (Å²) in [6, 6.07) is 6.15. The van der Waals surface area contributed by atoms with Gasteiger partial charge in [-0.25, -0.2) is 13.8 Å². The molecule has 1 fully saturated rings. The van der Waals surface area contributed by atoms with Gasteiger partial charge in [-0.05, 0) is 49.3 Å². The summed E-state index contributed by atoms with van der Waals surface area (Å²) < 4.78 is 26.5. The van der Waals surface area contributed by atoms with Crippen LogP contribution in [0.2, 0.25) is 0 Å². The van der Waals surface area contributed by atoms with Gasteiger partial charge in [0.25, 0.3) is 5.91 Å². The Morgan fingerprint density at radius 3 is 2.58 bits per heavy atom. The van der Waals surface area contributed by atoms with Gasteiger partial charge in [0, 0.05) is 31.9 Å². The molecule has 164 valence electrons. The van der Waals surface area contributed by atoms with Gasteiger partial charge in [0.1, 0.15) is 16.7 Å². The Kier molecular flexibility index (Phi) is 7.56. The molecule has 0 bridgehead atoms. The molecule has 1 aliphatic rings. The lowest BCUT2D eigenvalue weighted by Crippen LogP contribution is -2.43. The van der Waals surface area contributed by atoms with Gasteiger partial charge >= 0.3 is 11.8 Å². The minimum absolute atomic E-state index is 0.0689. The summed E-state index contributed by atoms with van der Waals surface area (Å²) in [7, 11) is 0. The number of carbonyl (C=O) groups excluding carboxylic acids is 3. The maximum absolute atomic E-state index is 13.6. The van der Waals surface area contributed by atoms with Crippen LogP contribution in [0.1, 0.15) is 23.2 Å². The van der Waals surface area contributed by atoms with Gasteiger partial charge in [-0.1, -0.05) is 0 Å². The fraction of sp³-hybridized carbons (Fsp3) is 0.333. The van der Waals surface area contributed by atoms with Crippen molar-refractivity contribution in [3.63, 3.8) is 0 Å². The third kappa shape index (κ3) is 5.78. The van der Waals surface area contributed by atoms with Crippen LogP contribution in [-0.2, 0) is 9.59 Å². The molecule has 2 heterocycles. The largest absolute Gasteiger partial charge is 0.348 e. The highest BCUT2D eigenvalue weighted by molar-refractivity contribution is 7.98. The summed E-state index contributed by atoms with van der Waals surface area (Å²) in [5, 5.41) is 5.34. The van der Waals surface area contributed by atoms with E-state index in [0.717, 1.165) is 12.1 Å². The number of aromatic nitrogens is 1. The molecule has 1 saturated heterocycles. The van der Waals surface area contributed by atoms with E-state index in [0.29, 0.717) is 42.6 Å². The summed E-state index contributed by atoms with van der Waals surface area (Å²) in [4.78, 5) is 42.7. The number of halogens is 2. The Labute approximate surface area is 182 Å². The third-order valence-electron chi connectivity index (χ3n) is 5.03. The van der Waals surface area contributed by atoms with Crippen molar-refractivity contribution in [1.82, 2.24) is 15.2 Å². The molecule has 0 spiro atoms. The van der Waals surface area contributed by atoms with E-state index in [2.05, 4.69) is 15.6 Å². The van der Waals surface area contributed by atoms with Gasteiger partial charge in [0.15, 0.2) is 0 Å². The zero-order valence-corrected chi connectivity index (χ0v) is 17.7. The number of nitrogens with zero attached hydrogens (tertiary/aromatic N) is 2. The van der Waals surface area contributed by atoms with E-state index in [1.165, 1.54) is 11.8 Å². The maximum Gasteiger partial charge on any atom is 0.313 e. The van der Waals surface area contributed by atoms with Crippen molar-refractivity contribution < 1.29 is 23.2 Å². The van der Waals surface area contributed by atoms with Crippen molar-refractivity contribution >= 4 is 35.2 Å². The highest BCUT2D eigenvalue weighted by atomic mass is 32.2. The molecule has 1 aromatic heterocycles. The quantitative estimate of drug-likeness (QED) is 0.542. The van der Waals surface area contributed by atoms with E-state index < -0.39 is 23.4 Å². The number of hydrogen-bond acceptors (Lipinski definition) is 5. The van der Waals surface area contributed by atoms with Crippen molar-refractivity contribution in [2.75, 3.05) is 31.2 Å². The monoisotopic (exact) mass is 448 g/mol. The Bertz CT molecular complexity index is 981. The molecule has 0 radical (unpaired) electrons. The van der Waals surface area contributed by atoms with Gasteiger partial charge in [-0.3, -0.25) is 14.4 Å². The second kappa shape index (κ2) is 10.3. The molecule has 3 rings (SSSR count). The first kappa shape index (κ1) is 22.7. The van der Waals surface area contributed by atoms with Crippen molar-refractivity contribution in [2.45, 2.75) is 17.9 Å². The molecule has 1 aliphatic heterocycles. The van der Waals surface area contributed by atoms with Crippen LogP contribution in [0.5, 0.6) is 0 Å². The average molecular weight is 448 g/mol. The van der Waals surface area contributed by atoms with Crippen molar-refractivity contribution in [2.24, 2.45) is 5.92 Å². The van der Waals surface area contributed by atoms with E-state index in [1.807, 2.05) is 6.26 Å². The van der Waals surface area contributed by atoms with Crippen LogP contribution < -0.4 is 10.6 Å². The fourth-order valence-corrected chi connectivity index (χ4v) is 3.86. The van der Waals surface area contributed by atoms with Crippen molar-refractivity contribution in [1.29, 1.82) is 0 Å². The lowest BCUT2D eigenvalue weighted by molar-refractivity contribution is -0.136. The maximum atomic E-state index is 13.6. The first-order valence-corrected chi connectivity index (χ1v) is 10.9. The molecule has 0 atom stereocenters. The molecule has 31 heavy (non-hydrogen) atoms. The average Bonchev–Trinajstić information content (AvgIpc) is 2.79. The van der Waals surface area contributed by atoms with Crippen LogP contribution in [-0.4, -0.2) is 53.5 Å². The number of thioether (sulfide) groups is 1. The van der Waals surface area contributed by atoms with Gasteiger partial charge in [-0.2, -0.15) is 0 Å². The molecular weight excluding hydrogens is 426 g/mol. The normalized spacial score (nSPS) is 14.2. The first-order valence-electron chi connectivity index (χ1n) is 9.71. The van der Waals surface area contributed by atoms with Crippen LogP contribution >= 0.6 is 11.8 Å². The topological polar surface area (TPSA) is 91.4 Å². The fourth-order valence-electron chi connectivity index (χ4n) is 3.31. The van der Waals surface area contributed by atoms with E-state index in [9.17, 15) is 23.2 Å². The number of amides is 3. The Morgan fingerprint density at radius 2 is 1.90 bits per heavy atom. The van der Waals surface area contributed by atoms with Crippen LogP contribution in [0.4, 0.5) is 14.5 Å². The van der Waals surface area contributed by atoms with E-state index in [4.69, 9.17) is 0 Å². The molecule has 2 N–H and O–H groups in total. The summed E-state index contributed by atoms with van der Waals surface area (Å²) in [5.74, 6) is -3.63. The molecule has 3 amide bonds. The minimum Gasteiger partial charge on any atom is -0.348 e. The number of anilines is 1. The van der Waals surface area contributed by atoms with E-state index in [1.54, 1.807) is 23.2 Å². The molecule has 0 aliphatic carbocycles. The minimum atomic E-state index is -1.03. The van der Waals surface area contributed by atoms with Crippen molar-refractivity contribution in [3.05, 3.63) is 53.7 Å². The molecule has 7 nitrogen and oxygen atoms in total. The van der Waals surface area contributed by atoms with Crippen molar-refractivity contribution in [3.8, 4) is 0 Å². The molecule has 0 unspecified atom stereocenters. The summed E-state index contributed by atoms with van der Waals surface area (Å²) in [6.07, 6.45) is 4.87. The summed E-state index contributed by atoms with van der Waals surface area (Å²) >= 11 is 1.42. The molecular formula is C21H22F2N4O3S. The van der Waals surface area contributed by atoms with Gasteiger partial charge < -0.3 is 15.5 Å². The number of pyridine rings is 1. The van der Waals surface area contributed by atoms with Crippen LogP contribution in [0, 0.1) is 17.6 Å².